The first-order chi connectivity index (χ1) is 10.6. The number of aromatic amines is 1. The number of hydrogen-bond donors (Lipinski definition) is 1. The molecule has 0 aromatic carbocycles. The van der Waals surface area contributed by atoms with Crippen LogP contribution >= 0.6 is 23.1 Å². The average molecular weight is 340 g/mol. The number of nitrogens with zero attached hydrogens (tertiary/aromatic N) is 3. The van der Waals surface area contributed by atoms with E-state index in [9.17, 15) is 4.79 Å². The SMILES string of the molecule is CCSc1nc(CC(=O)N(C)Cc2cc(COC)n[nH]2)cs1. The van der Waals surface area contributed by atoms with Crippen LogP contribution in [0.5, 0.6) is 0 Å². The summed E-state index contributed by atoms with van der Waals surface area (Å²) >= 11 is 3.29. The van der Waals surface area contributed by atoms with Crippen LogP contribution in [0, 0.1) is 0 Å². The number of rotatable bonds is 8. The van der Waals surface area contributed by atoms with E-state index in [0.717, 1.165) is 27.2 Å². The van der Waals surface area contributed by atoms with Gasteiger partial charge in [0.1, 0.15) is 4.34 Å². The highest BCUT2D eigenvalue weighted by molar-refractivity contribution is 8.00. The molecule has 22 heavy (non-hydrogen) atoms. The molecule has 0 fully saturated rings. The summed E-state index contributed by atoms with van der Waals surface area (Å²) in [4.78, 5) is 18.4. The number of ether oxygens (including phenoxy) is 1. The number of thiazole rings is 1. The van der Waals surface area contributed by atoms with E-state index in [1.807, 2.05) is 11.4 Å². The lowest BCUT2D eigenvalue weighted by molar-refractivity contribution is -0.129. The van der Waals surface area contributed by atoms with Gasteiger partial charge in [-0.05, 0) is 11.8 Å². The molecule has 2 heterocycles. The Morgan fingerprint density at radius 3 is 3.05 bits per heavy atom. The summed E-state index contributed by atoms with van der Waals surface area (Å²) in [5, 5.41) is 9.00. The van der Waals surface area contributed by atoms with E-state index in [1.54, 1.807) is 42.2 Å². The van der Waals surface area contributed by atoms with Crippen LogP contribution in [-0.4, -0.2) is 45.9 Å². The summed E-state index contributed by atoms with van der Waals surface area (Å²) in [6.45, 7) is 3.05. The Morgan fingerprint density at radius 1 is 1.50 bits per heavy atom. The minimum Gasteiger partial charge on any atom is -0.378 e. The number of thioether (sulfide) groups is 1. The van der Waals surface area contributed by atoms with Gasteiger partial charge in [0.2, 0.25) is 5.91 Å². The average Bonchev–Trinajstić information content (AvgIpc) is 3.09. The topological polar surface area (TPSA) is 71.1 Å². The Balaban J connectivity index is 1.87. The second-order valence-corrected chi connectivity index (χ2v) is 7.15. The van der Waals surface area contributed by atoms with Gasteiger partial charge in [-0.25, -0.2) is 4.98 Å². The minimum atomic E-state index is 0.0428. The minimum absolute atomic E-state index is 0.0428. The first-order valence-electron chi connectivity index (χ1n) is 6.95. The maximum Gasteiger partial charge on any atom is 0.228 e. The van der Waals surface area contributed by atoms with Gasteiger partial charge < -0.3 is 9.64 Å². The lowest BCUT2D eigenvalue weighted by Gasteiger charge is -2.15. The number of aromatic nitrogens is 3. The fourth-order valence-electron chi connectivity index (χ4n) is 1.91. The molecular weight excluding hydrogens is 320 g/mol. The third kappa shape index (κ3) is 4.82. The second kappa shape index (κ2) is 8.30. The quantitative estimate of drug-likeness (QED) is 0.747. The highest BCUT2D eigenvalue weighted by Gasteiger charge is 2.14. The van der Waals surface area contributed by atoms with E-state index in [4.69, 9.17) is 4.74 Å². The zero-order valence-corrected chi connectivity index (χ0v) is 14.6. The first kappa shape index (κ1) is 17.0. The Bertz CT molecular complexity index is 612. The van der Waals surface area contributed by atoms with Gasteiger partial charge in [0, 0.05) is 19.5 Å². The normalized spacial score (nSPS) is 10.9. The molecule has 0 saturated heterocycles. The highest BCUT2D eigenvalue weighted by atomic mass is 32.2. The van der Waals surface area contributed by atoms with Gasteiger partial charge in [0.15, 0.2) is 0 Å². The number of carbonyl (C=O) groups excluding carboxylic acids is 1. The molecule has 2 aromatic heterocycles. The number of hydrogen-bond acceptors (Lipinski definition) is 6. The maximum absolute atomic E-state index is 12.2. The van der Waals surface area contributed by atoms with Crippen molar-refractivity contribution < 1.29 is 9.53 Å². The van der Waals surface area contributed by atoms with Crippen molar-refractivity contribution in [3.63, 3.8) is 0 Å². The van der Waals surface area contributed by atoms with E-state index in [-0.39, 0.29) is 5.91 Å². The standard InChI is InChI=1S/C14H20N4O2S2/c1-4-21-14-15-12(9-22-14)6-13(19)18(2)7-10-5-11(8-20-3)17-16-10/h5,9H,4,6-8H2,1-3H3,(H,16,17). The molecule has 1 N–H and O–H groups in total. The molecule has 6 nitrogen and oxygen atoms in total. The predicted molar refractivity (Wildman–Crippen MR) is 88.0 cm³/mol. The molecular formula is C14H20N4O2S2. The van der Waals surface area contributed by atoms with Crippen LogP contribution in [0.1, 0.15) is 24.0 Å². The number of carbonyl (C=O) groups is 1. The third-order valence-corrected chi connectivity index (χ3v) is 4.89. The van der Waals surface area contributed by atoms with E-state index < -0.39 is 0 Å². The van der Waals surface area contributed by atoms with Crippen LogP contribution in [0.15, 0.2) is 15.8 Å². The fraction of sp³-hybridized carbons (Fsp3) is 0.500. The first-order valence-corrected chi connectivity index (χ1v) is 8.82. The summed E-state index contributed by atoms with van der Waals surface area (Å²) in [5.41, 5.74) is 2.56. The van der Waals surface area contributed by atoms with E-state index in [2.05, 4.69) is 22.1 Å². The molecule has 0 unspecified atom stereocenters. The Labute approximate surface area is 138 Å². The Hall–Kier alpha value is -1.38. The van der Waals surface area contributed by atoms with Crippen molar-refractivity contribution in [2.75, 3.05) is 19.9 Å². The fourth-order valence-corrected chi connectivity index (χ4v) is 3.65. The van der Waals surface area contributed by atoms with Crippen molar-refractivity contribution in [2.24, 2.45) is 0 Å². The number of nitrogens with one attached hydrogen (secondary N) is 1. The van der Waals surface area contributed by atoms with Crippen molar-refractivity contribution in [1.29, 1.82) is 0 Å². The largest absolute Gasteiger partial charge is 0.378 e. The molecule has 0 aliphatic carbocycles. The number of H-pyrrole nitrogens is 1. The molecule has 120 valence electrons. The summed E-state index contributed by atoms with van der Waals surface area (Å²) in [6, 6.07) is 1.91. The van der Waals surface area contributed by atoms with Crippen molar-refractivity contribution in [1.82, 2.24) is 20.1 Å². The monoisotopic (exact) mass is 340 g/mol. The van der Waals surface area contributed by atoms with Gasteiger partial charge in [-0.3, -0.25) is 9.89 Å². The number of amides is 1. The third-order valence-electron chi connectivity index (χ3n) is 2.94. The molecule has 8 heteroatoms. The molecule has 0 atom stereocenters. The maximum atomic E-state index is 12.2. The van der Waals surface area contributed by atoms with Crippen LogP contribution in [-0.2, 0) is 29.1 Å². The van der Waals surface area contributed by atoms with Crippen molar-refractivity contribution in [2.45, 2.75) is 30.8 Å². The van der Waals surface area contributed by atoms with Crippen LogP contribution in [0.3, 0.4) is 0 Å². The Morgan fingerprint density at radius 2 is 2.32 bits per heavy atom. The van der Waals surface area contributed by atoms with Crippen LogP contribution < -0.4 is 0 Å². The molecule has 2 rings (SSSR count). The highest BCUT2D eigenvalue weighted by Crippen LogP contribution is 2.22. The summed E-state index contributed by atoms with van der Waals surface area (Å²) in [6.07, 6.45) is 0.330. The predicted octanol–water partition coefficient (Wildman–Crippen LogP) is 2.33. The molecule has 0 spiro atoms. The molecule has 0 aliphatic heterocycles. The number of methoxy groups -OCH3 is 1. The second-order valence-electron chi connectivity index (χ2n) is 4.78. The molecule has 0 bridgehead atoms. The van der Waals surface area contributed by atoms with Gasteiger partial charge in [-0.2, -0.15) is 5.10 Å². The molecule has 1 amide bonds. The zero-order valence-electron chi connectivity index (χ0n) is 13.0. The summed E-state index contributed by atoms with van der Waals surface area (Å²) in [5.74, 6) is 1.03. The van der Waals surface area contributed by atoms with Gasteiger partial charge in [-0.15, -0.1) is 11.3 Å². The zero-order chi connectivity index (χ0) is 15.9. The lowest BCUT2D eigenvalue weighted by Crippen LogP contribution is -2.28. The van der Waals surface area contributed by atoms with Crippen LogP contribution in [0.25, 0.3) is 0 Å². The molecule has 0 aliphatic rings. The van der Waals surface area contributed by atoms with Gasteiger partial charge >= 0.3 is 0 Å². The van der Waals surface area contributed by atoms with Gasteiger partial charge in [-0.1, -0.05) is 18.7 Å². The lowest BCUT2D eigenvalue weighted by atomic mass is 10.3. The molecule has 2 aromatic rings. The van der Waals surface area contributed by atoms with Crippen LogP contribution in [0.2, 0.25) is 0 Å². The molecule has 0 saturated carbocycles. The van der Waals surface area contributed by atoms with Crippen LogP contribution in [0.4, 0.5) is 0 Å². The van der Waals surface area contributed by atoms with E-state index >= 15 is 0 Å². The van der Waals surface area contributed by atoms with Gasteiger partial charge in [0.25, 0.3) is 0 Å². The van der Waals surface area contributed by atoms with Gasteiger partial charge in [0.05, 0.1) is 36.7 Å². The van der Waals surface area contributed by atoms with E-state index in [0.29, 0.717) is 19.6 Å². The smallest absolute Gasteiger partial charge is 0.228 e. The van der Waals surface area contributed by atoms with Crippen molar-refractivity contribution in [3.8, 4) is 0 Å². The van der Waals surface area contributed by atoms with Crippen molar-refractivity contribution >= 4 is 29.0 Å². The van der Waals surface area contributed by atoms with E-state index in [1.165, 1.54) is 0 Å². The summed E-state index contributed by atoms with van der Waals surface area (Å²) < 4.78 is 6.04. The summed E-state index contributed by atoms with van der Waals surface area (Å²) in [7, 11) is 3.41. The Kier molecular flexibility index (Phi) is 6.41. The molecule has 0 radical (unpaired) electrons. The van der Waals surface area contributed by atoms with Crippen molar-refractivity contribution in [3.05, 3.63) is 28.5 Å². The number of likely N-dealkylation sites (N-methyl/N-ethyl adjacent to an activating group) is 1.